The van der Waals surface area contributed by atoms with Crippen LogP contribution in [0.15, 0.2) is 84.9 Å². The van der Waals surface area contributed by atoms with Crippen LogP contribution in [0.1, 0.15) is 24.0 Å². The molecule has 1 atom stereocenters. The average Bonchev–Trinajstić information content (AvgIpc) is 3.71. The first-order valence-corrected chi connectivity index (χ1v) is 12.5. The largest absolute Gasteiger partial charge is 0.497 e. The second-order valence-corrected chi connectivity index (χ2v) is 9.41. The predicted octanol–water partition coefficient (Wildman–Crippen LogP) is 5.46. The quantitative estimate of drug-likeness (QED) is 0.307. The molecule has 4 aromatic rings. The van der Waals surface area contributed by atoms with Gasteiger partial charge in [-0.05, 0) is 37.0 Å². The topological polar surface area (TPSA) is 59.8 Å². The van der Waals surface area contributed by atoms with E-state index in [2.05, 4.69) is 29.2 Å². The standard InChI is InChI=1S/C30H33N3O3/c1-32-30(36-27-15-9-14-26(19-27)35-2)28(29(31-32)23-12-7-4-8-13-23)21-33(24-16-17-24)20-25(34)18-22-10-5-3-6-11-22/h3-15,19,24-25,34H,16-18,20-21H2,1-2H3/t25-/m1/s1. The van der Waals surface area contributed by atoms with E-state index in [1.807, 2.05) is 72.4 Å². The number of aliphatic hydroxyl groups excluding tert-OH is 1. The highest BCUT2D eigenvalue weighted by Crippen LogP contribution is 2.37. The van der Waals surface area contributed by atoms with Gasteiger partial charge >= 0.3 is 0 Å². The summed E-state index contributed by atoms with van der Waals surface area (Å²) < 4.78 is 13.6. The van der Waals surface area contributed by atoms with Gasteiger partial charge in [0.05, 0.1) is 18.8 Å². The van der Waals surface area contributed by atoms with Crippen LogP contribution in [-0.2, 0) is 20.0 Å². The smallest absolute Gasteiger partial charge is 0.222 e. The Morgan fingerprint density at radius 3 is 2.36 bits per heavy atom. The predicted molar refractivity (Wildman–Crippen MR) is 141 cm³/mol. The summed E-state index contributed by atoms with van der Waals surface area (Å²) in [5.41, 5.74) is 4.11. The van der Waals surface area contributed by atoms with Gasteiger partial charge in [0.1, 0.15) is 17.2 Å². The zero-order chi connectivity index (χ0) is 24.9. The molecule has 0 saturated heterocycles. The normalized spacial score (nSPS) is 14.1. The number of ether oxygens (including phenoxy) is 2. The molecule has 0 radical (unpaired) electrons. The maximum Gasteiger partial charge on any atom is 0.222 e. The lowest BCUT2D eigenvalue weighted by atomic mass is 10.1. The third kappa shape index (κ3) is 5.78. The maximum absolute atomic E-state index is 11.0. The molecule has 1 saturated carbocycles. The lowest BCUT2D eigenvalue weighted by Gasteiger charge is -2.25. The number of nitrogens with zero attached hydrogens (tertiary/aromatic N) is 3. The SMILES string of the molecule is COc1cccc(Oc2c(CN(C[C@H](O)Cc3ccccc3)C3CC3)c(-c3ccccc3)nn2C)c1. The Morgan fingerprint density at radius 1 is 0.972 bits per heavy atom. The van der Waals surface area contributed by atoms with Crippen LogP contribution in [0.2, 0.25) is 0 Å². The van der Waals surface area contributed by atoms with E-state index in [9.17, 15) is 5.11 Å². The molecule has 0 amide bonds. The van der Waals surface area contributed by atoms with E-state index < -0.39 is 6.10 Å². The average molecular weight is 484 g/mol. The van der Waals surface area contributed by atoms with Crippen molar-refractivity contribution in [2.75, 3.05) is 13.7 Å². The van der Waals surface area contributed by atoms with E-state index >= 15 is 0 Å². The fourth-order valence-electron chi connectivity index (χ4n) is 4.63. The van der Waals surface area contributed by atoms with Crippen LogP contribution < -0.4 is 9.47 Å². The van der Waals surface area contributed by atoms with Crippen molar-refractivity contribution in [3.05, 3.63) is 96.1 Å². The number of hydrogen-bond donors (Lipinski definition) is 1. The Hall–Kier alpha value is -3.61. The van der Waals surface area contributed by atoms with Gasteiger partial charge in [-0.3, -0.25) is 4.90 Å². The highest BCUT2D eigenvalue weighted by atomic mass is 16.5. The van der Waals surface area contributed by atoms with E-state index in [0.29, 0.717) is 37.2 Å². The Morgan fingerprint density at radius 2 is 1.67 bits per heavy atom. The molecule has 1 aliphatic carbocycles. The van der Waals surface area contributed by atoms with Crippen molar-refractivity contribution in [1.29, 1.82) is 0 Å². The van der Waals surface area contributed by atoms with Gasteiger partial charge in [-0.25, -0.2) is 4.68 Å². The molecule has 1 aliphatic rings. The van der Waals surface area contributed by atoms with Crippen molar-refractivity contribution in [3.63, 3.8) is 0 Å². The molecule has 1 heterocycles. The monoisotopic (exact) mass is 483 g/mol. The first-order chi connectivity index (χ1) is 17.6. The minimum absolute atomic E-state index is 0.451. The van der Waals surface area contributed by atoms with Gasteiger partial charge in [-0.15, -0.1) is 0 Å². The van der Waals surface area contributed by atoms with Gasteiger partial charge in [0.15, 0.2) is 0 Å². The van der Waals surface area contributed by atoms with Crippen LogP contribution in [0.3, 0.4) is 0 Å². The summed E-state index contributed by atoms with van der Waals surface area (Å²) in [4.78, 5) is 2.38. The Bertz CT molecular complexity index is 1270. The number of aromatic nitrogens is 2. The molecule has 186 valence electrons. The minimum Gasteiger partial charge on any atom is -0.497 e. The zero-order valence-corrected chi connectivity index (χ0v) is 20.9. The van der Waals surface area contributed by atoms with Gasteiger partial charge in [-0.2, -0.15) is 5.10 Å². The maximum atomic E-state index is 11.0. The van der Waals surface area contributed by atoms with Crippen LogP contribution in [-0.4, -0.2) is 45.6 Å². The van der Waals surface area contributed by atoms with Crippen molar-refractivity contribution in [2.24, 2.45) is 7.05 Å². The highest BCUT2D eigenvalue weighted by molar-refractivity contribution is 5.65. The van der Waals surface area contributed by atoms with Crippen LogP contribution in [0.5, 0.6) is 17.4 Å². The molecule has 1 N–H and O–H groups in total. The molecule has 36 heavy (non-hydrogen) atoms. The highest BCUT2D eigenvalue weighted by Gasteiger charge is 2.33. The Balaban J connectivity index is 1.45. The van der Waals surface area contributed by atoms with Crippen molar-refractivity contribution >= 4 is 0 Å². The second kappa shape index (κ2) is 11.0. The lowest BCUT2D eigenvalue weighted by molar-refractivity contribution is 0.104. The van der Waals surface area contributed by atoms with Crippen LogP contribution in [0, 0.1) is 0 Å². The molecule has 1 fully saturated rings. The molecule has 3 aromatic carbocycles. The van der Waals surface area contributed by atoms with Gasteiger partial charge in [-0.1, -0.05) is 66.7 Å². The molecule has 5 rings (SSSR count). The van der Waals surface area contributed by atoms with Crippen molar-refractivity contribution in [1.82, 2.24) is 14.7 Å². The summed E-state index contributed by atoms with van der Waals surface area (Å²) in [5.74, 6) is 2.13. The molecule has 0 unspecified atom stereocenters. The van der Waals surface area contributed by atoms with Crippen molar-refractivity contribution in [2.45, 2.75) is 38.0 Å². The Labute approximate surface area is 212 Å². The minimum atomic E-state index is -0.451. The van der Waals surface area contributed by atoms with Gasteiger partial charge in [0, 0.05) is 37.8 Å². The molecule has 0 aliphatic heterocycles. The third-order valence-corrected chi connectivity index (χ3v) is 6.57. The first-order valence-electron chi connectivity index (χ1n) is 12.5. The molecule has 6 heteroatoms. The number of hydrogen-bond acceptors (Lipinski definition) is 5. The van der Waals surface area contributed by atoms with Gasteiger partial charge in [0.2, 0.25) is 5.88 Å². The summed E-state index contributed by atoms with van der Waals surface area (Å²) in [5, 5.41) is 15.8. The molecule has 1 aromatic heterocycles. The lowest BCUT2D eigenvalue weighted by Crippen LogP contribution is -2.35. The zero-order valence-electron chi connectivity index (χ0n) is 20.9. The molecular formula is C30H33N3O3. The van der Waals surface area contributed by atoms with Crippen molar-refractivity contribution in [3.8, 4) is 28.6 Å². The summed E-state index contributed by atoms with van der Waals surface area (Å²) in [6, 6.07) is 28.5. The van der Waals surface area contributed by atoms with E-state index in [1.54, 1.807) is 7.11 Å². The second-order valence-electron chi connectivity index (χ2n) is 9.41. The summed E-state index contributed by atoms with van der Waals surface area (Å²) in [7, 11) is 3.56. The summed E-state index contributed by atoms with van der Waals surface area (Å²) in [6.45, 7) is 1.25. The third-order valence-electron chi connectivity index (χ3n) is 6.57. The number of benzene rings is 3. The first kappa shape index (κ1) is 24.1. The number of aliphatic hydroxyl groups is 1. The number of methoxy groups -OCH3 is 1. The molecule has 0 bridgehead atoms. The number of aryl methyl sites for hydroxylation is 1. The van der Waals surface area contributed by atoms with E-state index in [4.69, 9.17) is 14.6 Å². The van der Waals surface area contributed by atoms with Crippen LogP contribution in [0.4, 0.5) is 0 Å². The molecule has 0 spiro atoms. The van der Waals surface area contributed by atoms with Crippen LogP contribution in [0.25, 0.3) is 11.3 Å². The van der Waals surface area contributed by atoms with Gasteiger partial charge in [0.25, 0.3) is 0 Å². The van der Waals surface area contributed by atoms with E-state index in [1.165, 1.54) is 0 Å². The van der Waals surface area contributed by atoms with Crippen LogP contribution >= 0.6 is 0 Å². The summed E-state index contributed by atoms with van der Waals surface area (Å²) >= 11 is 0. The fraction of sp³-hybridized carbons (Fsp3) is 0.300. The van der Waals surface area contributed by atoms with Gasteiger partial charge < -0.3 is 14.6 Å². The van der Waals surface area contributed by atoms with E-state index in [-0.39, 0.29) is 0 Å². The number of rotatable bonds is 11. The molecule has 6 nitrogen and oxygen atoms in total. The fourth-order valence-corrected chi connectivity index (χ4v) is 4.63. The Kier molecular flexibility index (Phi) is 7.35. The molecular weight excluding hydrogens is 450 g/mol. The van der Waals surface area contributed by atoms with Crippen molar-refractivity contribution < 1.29 is 14.6 Å². The summed E-state index contributed by atoms with van der Waals surface area (Å²) in [6.07, 6.45) is 2.47. The van der Waals surface area contributed by atoms with E-state index in [0.717, 1.165) is 41.0 Å².